The zero-order valence-electron chi connectivity index (χ0n) is 9.28. The molecule has 1 saturated carbocycles. The number of hydrogen-bond acceptors (Lipinski definition) is 3. The molecule has 0 radical (unpaired) electrons. The summed E-state index contributed by atoms with van der Waals surface area (Å²) in [6, 6.07) is 5.60. The first-order valence-corrected chi connectivity index (χ1v) is 6.70. The van der Waals surface area contributed by atoms with Crippen LogP contribution in [-0.4, -0.2) is 12.1 Å². The van der Waals surface area contributed by atoms with Gasteiger partial charge in [0.05, 0.1) is 0 Å². The van der Waals surface area contributed by atoms with Crippen LogP contribution in [0.3, 0.4) is 0 Å². The second-order valence-corrected chi connectivity index (χ2v) is 5.44. The first-order chi connectivity index (χ1) is 7.27. The van der Waals surface area contributed by atoms with Gasteiger partial charge in [-0.2, -0.15) is 0 Å². The van der Waals surface area contributed by atoms with E-state index in [1.807, 2.05) is 11.3 Å². The van der Waals surface area contributed by atoms with Crippen molar-refractivity contribution in [1.29, 1.82) is 0 Å². The third-order valence-corrected chi connectivity index (χ3v) is 4.31. The Hall–Kier alpha value is -0.380. The molecule has 1 aliphatic carbocycles. The summed E-state index contributed by atoms with van der Waals surface area (Å²) in [5, 5.41) is 5.79. The zero-order valence-corrected chi connectivity index (χ0v) is 10.1. The average Bonchev–Trinajstić information content (AvgIpc) is 2.74. The van der Waals surface area contributed by atoms with E-state index in [2.05, 4.69) is 29.8 Å². The van der Waals surface area contributed by atoms with Crippen molar-refractivity contribution in [3.05, 3.63) is 22.4 Å². The molecular weight excluding hydrogens is 204 g/mol. The molecule has 0 aromatic carbocycles. The lowest BCUT2D eigenvalue weighted by molar-refractivity contribution is 0.308. The van der Waals surface area contributed by atoms with Crippen LogP contribution in [0, 0.1) is 0 Å². The smallest absolute Gasteiger partial charge is 0.0388 e. The van der Waals surface area contributed by atoms with E-state index >= 15 is 0 Å². The van der Waals surface area contributed by atoms with E-state index in [1.54, 1.807) is 0 Å². The number of nitrogens with one attached hydrogen (secondary N) is 1. The summed E-state index contributed by atoms with van der Waals surface area (Å²) in [7, 11) is 0. The van der Waals surface area contributed by atoms with E-state index in [-0.39, 0.29) is 0 Å². The summed E-state index contributed by atoms with van der Waals surface area (Å²) in [5.41, 5.74) is 6.12. The minimum absolute atomic E-state index is 0.348. The van der Waals surface area contributed by atoms with Crippen molar-refractivity contribution >= 4 is 11.3 Å². The highest BCUT2D eigenvalue weighted by atomic mass is 32.1. The summed E-state index contributed by atoms with van der Waals surface area (Å²) in [6.07, 6.45) is 5.03. The molecule has 2 rings (SSSR count). The molecule has 0 spiro atoms. The summed E-state index contributed by atoms with van der Waals surface area (Å²) in [6.45, 7) is 2.23. The predicted molar refractivity (Wildman–Crippen MR) is 66.1 cm³/mol. The minimum atomic E-state index is 0.348. The standard InChI is InChI=1S/C12H20N2S/c1-9(12-7-4-8-15-12)14-11-6-3-2-5-10(11)13/h4,7-11,14H,2-3,5-6,13H2,1H3/t9-,10-,11-/m0/s1. The molecule has 3 N–H and O–H groups in total. The quantitative estimate of drug-likeness (QED) is 0.828. The fourth-order valence-corrected chi connectivity index (χ4v) is 3.05. The Morgan fingerprint density at radius 3 is 2.93 bits per heavy atom. The number of hydrogen-bond donors (Lipinski definition) is 2. The summed E-state index contributed by atoms with van der Waals surface area (Å²) in [4.78, 5) is 1.41. The number of rotatable bonds is 3. The summed E-state index contributed by atoms with van der Waals surface area (Å²) < 4.78 is 0. The molecule has 0 aliphatic heterocycles. The van der Waals surface area contributed by atoms with Gasteiger partial charge in [-0.25, -0.2) is 0 Å². The van der Waals surface area contributed by atoms with Crippen molar-refractivity contribution in [3.8, 4) is 0 Å². The lowest BCUT2D eigenvalue weighted by Crippen LogP contribution is -2.47. The number of thiophene rings is 1. The monoisotopic (exact) mass is 224 g/mol. The maximum Gasteiger partial charge on any atom is 0.0388 e. The third-order valence-electron chi connectivity index (χ3n) is 3.25. The fraction of sp³-hybridized carbons (Fsp3) is 0.667. The normalized spacial score (nSPS) is 28.9. The lowest BCUT2D eigenvalue weighted by Gasteiger charge is -2.31. The molecule has 0 amide bonds. The Balaban J connectivity index is 1.90. The molecule has 0 saturated heterocycles. The van der Waals surface area contributed by atoms with Crippen molar-refractivity contribution in [2.45, 2.75) is 50.7 Å². The van der Waals surface area contributed by atoms with Gasteiger partial charge in [-0.3, -0.25) is 0 Å². The maximum atomic E-state index is 6.12. The predicted octanol–water partition coefficient (Wildman–Crippen LogP) is 2.67. The molecular formula is C12H20N2S. The SMILES string of the molecule is C[C@H](N[C@H]1CCCC[C@@H]1N)c1cccs1. The summed E-state index contributed by atoms with van der Waals surface area (Å²) in [5.74, 6) is 0. The van der Waals surface area contributed by atoms with Crippen LogP contribution >= 0.6 is 11.3 Å². The first-order valence-electron chi connectivity index (χ1n) is 5.82. The van der Waals surface area contributed by atoms with E-state index in [1.165, 1.54) is 30.6 Å². The Bertz CT molecular complexity index is 284. The Labute approximate surface area is 95.9 Å². The van der Waals surface area contributed by atoms with Crippen LogP contribution in [0.25, 0.3) is 0 Å². The molecule has 84 valence electrons. The van der Waals surface area contributed by atoms with Gasteiger partial charge in [0.15, 0.2) is 0 Å². The van der Waals surface area contributed by atoms with Crippen molar-refractivity contribution in [2.24, 2.45) is 5.73 Å². The molecule has 0 unspecified atom stereocenters. The lowest BCUT2D eigenvalue weighted by atomic mass is 9.90. The van der Waals surface area contributed by atoms with E-state index in [9.17, 15) is 0 Å². The molecule has 0 bridgehead atoms. The van der Waals surface area contributed by atoms with Crippen molar-refractivity contribution in [3.63, 3.8) is 0 Å². The molecule has 3 heteroatoms. The van der Waals surface area contributed by atoms with Gasteiger partial charge in [0.2, 0.25) is 0 Å². The Morgan fingerprint density at radius 1 is 1.47 bits per heavy atom. The van der Waals surface area contributed by atoms with Crippen LogP contribution in [0.5, 0.6) is 0 Å². The first kappa shape index (κ1) is 11.1. The van der Waals surface area contributed by atoms with Crippen molar-refractivity contribution in [2.75, 3.05) is 0 Å². The van der Waals surface area contributed by atoms with Gasteiger partial charge in [0.25, 0.3) is 0 Å². The second kappa shape index (κ2) is 5.10. The molecule has 15 heavy (non-hydrogen) atoms. The number of nitrogens with two attached hydrogens (primary N) is 1. The highest BCUT2D eigenvalue weighted by Gasteiger charge is 2.23. The zero-order chi connectivity index (χ0) is 10.7. The van der Waals surface area contributed by atoms with Crippen molar-refractivity contribution < 1.29 is 0 Å². The van der Waals surface area contributed by atoms with Gasteiger partial charge in [0, 0.05) is 23.0 Å². The van der Waals surface area contributed by atoms with Gasteiger partial charge >= 0.3 is 0 Å². The van der Waals surface area contributed by atoms with Crippen LogP contribution in [0.4, 0.5) is 0 Å². The van der Waals surface area contributed by atoms with Gasteiger partial charge in [-0.05, 0) is 31.2 Å². The van der Waals surface area contributed by atoms with Crippen LogP contribution in [0.1, 0.15) is 43.5 Å². The Kier molecular flexibility index (Phi) is 3.78. The van der Waals surface area contributed by atoms with Gasteiger partial charge in [0.1, 0.15) is 0 Å². The second-order valence-electron chi connectivity index (χ2n) is 4.46. The Morgan fingerprint density at radius 2 is 2.27 bits per heavy atom. The third kappa shape index (κ3) is 2.80. The molecule has 3 atom stereocenters. The van der Waals surface area contributed by atoms with Crippen LogP contribution in [0.15, 0.2) is 17.5 Å². The highest BCUT2D eigenvalue weighted by Crippen LogP contribution is 2.23. The molecule has 1 fully saturated rings. The van der Waals surface area contributed by atoms with Gasteiger partial charge in [-0.1, -0.05) is 18.9 Å². The molecule has 1 heterocycles. The van der Waals surface area contributed by atoms with Crippen LogP contribution in [-0.2, 0) is 0 Å². The van der Waals surface area contributed by atoms with Crippen LogP contribution in [0.2, 0.25) is 0 Å². The van der Waals surface area contributed by atoms with Crippen molar-refractivity contribution in [1.82, 2.24) is 5.32 Å². The maximum absolute atomic E-state index is 6.12. The largest absolute Gasteiger partial charge is 0.326 e. The minimum Gasteiger partial charge on any atom is -0.326 e. The van der Waals surface area contributed by atoms with E-state index in [4.69, 9.17) is 5.73 Å². The average molecular weight is 224 g/mol. The molecule has 2 nitrogen and oxygen atoms in total. The van der Waals surface area contributed by atoms with E-state index < -0.39 is 0 Å². The van der Waals surface area contributed by atoms with Gasteiger partial charge in [-0.15, -0.1) is 11.3 Å². The van der Waals surface area contributed by atoms with E-state index in [0.29, 0.717) is 18.1 Å². The topological polar surface area (TPSA) is 38.0 Å². The summed E-state index contributed by atoms with van der Waals surface area (Å²) >= 11 is 1.82. The highest BCUT2D eigenvalue weighted by molar-refractivity contribution is 7.10. The molecule has 1 aliphatic rings. The van der Waals surface area contributed by atoms with Gasteiger partial charge < -0.3 is 11.1 Å². The van der Waals surface area contributed by atoms with Crippen LogP contribution < -0.4 is 11.1 Å². The molecule has 1 aromatic heterocycles. The van der Waals surface area contributed by atoms with E-state index in [0.717, 1.165) is 0 Å². The molecule has 1 aromatic rings. The fourth-order valence-electron chi connectivity index (χ4n) is 2.31.